The molecule has 53 heavy (non-hydrogen) atoms. The first-order valence-electron chi connectivity index (χ1n) is 16.4. The zero-order valence-corrected chi connectivity index (χ0v) is 27.7. The van der Waals surface area contributed by atoms with Gasteiger partial charge in [0.1, 0.15) is 89.3 Å². The number of rotatable bonds is 9. The molecule has 20 heteroatoms. The van der Waals surface area contributed by atoms with E-state index >= 15 is 0 Å². The van der Waals surface area contributed by atoms with Gasteiger partial charge in [0.15, 0.2) is 24.4 Å². The van der Waals surface area contributed by atoms with Crippen LogP contribution < -0.4 is 10.2 Å². The fraction of sp³-hybridized carbons (Fsp3) is 0.545. The smallest absolute Gasteiger partial charge is 0.239 e. The maximum atomic E-state index is 14.1. The van der Waals surface area contributed by atoms with E-state index < -0.39 is 133 Å². The lowest BCUT2D eigenvalue weighted by Crippen LogP contribution is -2.67. The van der Waals surface area contributed by atoms with Gasteiger partial charge in [-0.15, -0.1) is 0 Å². The van der Waals surface area contributed by atoms with Crippen LogP contribution in [0.4, 0.5) is 0 Å². The van der Waals surface area contributed by atoms with Crippen molar-refractivity contribution in [1.82, 2.24) is 0 Å². The van der Waals surface area contributed by atoms with E-state index in [1.54, 1.807) is 0 Å². The third-order valence-corrected chi connectivity index (χ3v) is 9.32. The molecule has 4 heterocycles. The van der Waals surface area contributed by atoms with Gasteiger partial charge in [0.2, 0.25) is 17.5 Å². The first kappa shape index (κ1) is 39.0. The summed E-state index contributed by atoms with van der Waals surface area (Å²) in [6.45, 7) is -0.453. The van der Waals surface area contributed by atoms with Gasteiger partial charge in [0, 0.05) is 17.7 Å². The van der Waals surface area contributed by atoms with Gasteiger partial charge < -0.3 is 94.1 Å². The van der Waals surface area contributed by atoms with Crippen molar-refractivity contribution in [1.29, 1.82) is 0 Å². The second kappa shape index (κ2) is 15.6. The predicted molar refractivity (Wildman–Crippen MR) is 171 cm³/mol. The number of phenols is 3. The third kappa shape index (κ3) is 7.39. The summed E-state index contributed by atoms with van der Waals surface area (Å²) >= 11 is 0. The number of hydrogen-bond donors (Lipinski definition) is 12. The molecule has 3 fully saturated rings. The molecule has 0 amide bonds. The van der Waals surface area contributed by atoms with E-state index in [9.17, 15) is 66.1 Å². The molecule has 6 rings (SSSR count). The molecule has 0 spiro atoms. The van der Waals surface area contributed by atoms with Crippen molar-refractivity contribution < 1.29 is 94.1 Å². The second-order valence-electron chi connectivity index (χ2n) is 12.9. The molecule has 0 saturated carbocycles. The van der Waals surface area contributed by atoms with E-state index in [1.807, 2.05) is 0 Å². The first-order chi connectivity index (χ1) is 25.1. The molecule has 0 unspecified atom stereocenters. The number of benzene rings is 2. The lowest BCUT2D eigenvalue weighted by molar-refractivity contribution is -0.383. The van der Waals surface area contributed by atoms with Crippen LogP contribution in [0.25, 0.3) is 22.3 Å². The molecular formula is C33H40O20. The summed E-state index contributed by atoms with van der Waals surface area (Å²) in [5.41, 5.74) is -1.25. The van der Waals surface area contributed by atoms with Gasteiger partial charge >= 0.3 is 0 Å². The van der Waals surface area contributed by atoms with Gasteiger partial charge in [-0.3, -0.25) is 4.79 Å². The summed E-state index contributed by atoms with van der Waals surface area (Å²) in [7, 11) is 0. The Hall–Kier alpha value is -3.71. The van der Waals surface area contributed by atoms with Gasteiger partial charge in [-0.25, -0.2) is 0 Å². The molecule has 0 bridgehead atoms. The first-order valence-corrected chi connectivity index (χ1v) is 16.4. The Morgan fingerprint density at radius 1 is 0.642 bits per heavy atom. The van der Waals surface area contributed by atoms with Crippen molar-refractivity contribution in [3.8, 4) is 34.3 Å². The zero-order valence-electron chi connectivity index (χ0n) is 27.7. The van der Waals surface area contributed by atoms with Crippen molar-refractivity contribution >= 4 is 11.0 Å². The van der Waals surface area contributed by atoms with Gasteiger partial charge in [-0.1, -0.05) is 0 Å². The standard InChI is InChI=1S/C33H40O20/c1-10-19(39)23(43)25(45)31(47-10)51-28-21(41)17(9-35)50-33(30(28)53-32-26(46)24(44)20(40)16(8-34)49-32)52-29-22(42)18-14(38)6-13(37)7-15(18)48-27(29)11-2-4-12(36)5-3-11/h2-7,10,16-17,19-21,23-26,28,30-41,43-46H,8-9H2,1H3/t10-,16+,17+,19-,20-,21+,23+,24-,25+,26+,28-,30+,31-,32-,33+/m0/s1. The van der Waals surface area contributed by atoms with Crippen molar-refractivity contribution in [2.75, 3.05) is 13.2 Å². The monoisotopic (exact) mass is 756 g/mol. The molecule has 3 aromatic rings. The van der Waals surface area contributed by atoms with Crippen LogP contribution in [-0.4, -0.2) is 167 Å². The van der Waals surface area contributed by atoms with Crippen LogP contribution >= 0.6 is 0 Å². The van der Waals surface area contributed by atoms with Gasteiger partial charge in [0.05, 0.1) is 19.3 Å². The zero-order chi connectivity index (χ0) is 38.5. The van der Waals surface area contributed by atoms with E-state index in [2.05, 4.69) is 0 Å². The summed E-state index contributed by atoms with van der Waals surface area (Å²) in [5, 5.41) is 125. The second-order valence-corrected chi connectivity index (χ2v) is 12.9. The van der Waals surface area contributed by atoms with E-state index in [4.69, 9.17) is 32.8 Å². The van der Waals surface area contributed by atoms with E-state index in [0.29, 0.717) is 0 Å². The summed E-state index contributed by atoms with van der Waals surface area (Å²) in [4.78, 5) is 14.1. The molecule has 20 nitrogen and oxygen atoms in total. The number of phenolic OH excluding ortho intramolecular Hbond substituents is 3. The highest BCUT2D eigenvalue weighted by Crippen LogP contribution is 2.39. The van der Waals surface area contributed by atoms with Crippen LogP contribution in [-0.2, 0) is 23.7 Å². The summed E-state index contributed by atoms with van der Waals surface area (Å²) in [6.07, 6.45) is -26.9. The molecule has 0 radical (unpaired) electrons. The quantitative estimate of drug-likeness (QED) is 0.100. The SMILES string of the molecule is C[C@@H]1O[C@@H](O[C@H]2[C@H](O)[C@@H](CO)O[C@H](Oc3c(-c4ccc(O)cc4)oc4cc(O)cc(O)c4c3=O)[C@@H]2O[C@@H]2O[C@H](CO)[C@H](O)[C@H](O)[C@H]2O)[C@H](O)[C@H](O)[C@H]1O. The van der Waals surface area contributed by atoms with Crippen molar-refractivity contribution in [2.45, 2.75) is 99.0 Å². The van der Waals surface area contributed by atoms with Crippen LogP contribution in [0.5, 0.6) is 23.0 Å². The molecule has 12 N–H and O–H groups in total. The summed E-state index contributed by atoms with van der Waals surface area (Å²) < 4.78 is 40.8. The van der Waals surface area contributed by atoms with Gasteiger partial charge in [-0.05, 0) is 31.2 Å². The molecule has 1 aromatic heterocycles. The normalized spacial score (nSPS) is 37.8. The third-order valence-electron chi connectivity index (χ3n) is 9.32. The largest absolute Gasteiger partial charge is 0.508 e. The lowest BCUT2D eigenvalue weighted by Gasteiger charge is -2.48. The minimum absolute atomic E-state index is 0.105. The Bertz CT molecular complexity index is 1780. The summed E-state index contributed by atoms with van der Waals surface area (Å²) in [6, 6.07) is 7.04. The molecule has 3 aliphatic rings. The Morgan fingerprint density at radius 3 is 1.85 bits per heavy atom. The lowest BCUT2D eigenvalue weighted by atomic mass is 9.96. The van der Waals surface area contributed by atoms with Crippen molar-refractivity contribution in [3.05, 3.63) is 46.6 Å². The maximum absolute atomic E-state index is 14.1. The minimum atomic E-state index is -2.04. The highest BCUT2D eigenvalue weighted by atomic mass is 16.8. The van der Waals surface area contributed by atoms with E-state index in [1.165, 1.54) is 31.2 Å². The summed E-state index contributed by atoms with van der Waals surface area (Å²) in [5.74, 6) is -2.42. The van der Waals surface area contributed by atoms with Gasteiger partial charge in [-0.2, -0.15) is 0 Å². The van der Waals surface area contributed by atoms with Crippen molar-refractivity contribution in [2.24, 2.45) is 0 Å². The van der Waals surface area contributed by atoms with Crippen LogP contribution in [0.3, 0.4) is 0 Å². The van der Waals surface area contributed by atoms with Crippen molar-refractivity contribution in [3.63, 3.8) is 0 Å². The van der Waals surface area contributed by atoms with E-state index in [0.717, 1.165) is 12.1 Å². The minimum Gasteiger partial charge on any atom is -0.508 e. The Balaban J connectivity index is 1.48. The predicted octanol–water partition coefficient (Wildman–Crippen LogP) is -3.57. The van der Waals surface area contributed by atoms with Crippen LogP contribution in [0, 0.1) is 0 Å². The average molecular weight is 757 g/mol. The number of aliphatic hydroxyl groups is 9. The maximum Gasteiger partial charge on any atom is 0.239 e. The fourth-order valence-electron chi connectivity index (χ4n) is 6.35. The number of ether oxygens (including phenoxy) is 6. The molecule has 292 valence electrons. The molecule has 3 aliphatic heterocycles. The fourth-order valence-corrected chi connectivity index (χ4v) is 6.35. The molecule has 3 saturated heterocycles. The Labute approximate surface area is 298 Å². The van der Waals surface area contributed by atoms with Crippen LogP contribution in [0.15, 0.2) is 45.6 Å². The van der Waals surface area contributed by atoms with Crippen LogP contribution in [0.2, 0.25) is 0 Å². The topological polar surface area (TPSA) is 328 Å². The molecule has 0 aliphatic carbocycles. The molecule has 15 atom stereocenters. The highest BCUT2D eigenvalue weighted by Gasteiger charge is 2.55. The van der Waals surface area contributed by atoms with Gasteiger partial charge in [0.25, 0.3) is 0 Å². The molecular weight excluding hydrogens is 716 g/mol. The highest BCUT2D eigenvalue weighted by molar-refractivity contribution is 5.88. The number of fused-ring (bicyclic) bond motifs is 1. The molecule has 2 aromatic carbocycles. The number of hydrogen-bond acceptors (Lipinski definition) is 20. The number of aliphatic hydroxyl groups excluding tert-OH is 9. The average Bonchev–Trinajstić information content (AvgIpc) is 3.12. The number of aromatic hydroxyl groups is 3. The van der Waals surface area contributed by atoms with E-state index in [-0.39, 0.29) is 22.7 Å². The van der Waals surface area contributed by atoms with Crippen LogP contribution in [0.1, 0.15) is 6.92 Å². The Morgan fingerprint density at radius 2 is 1.21 bits per heavy atom. The Kier molecular flexibility index (Phi) is 11.5.